The Kier molecular flexibility index (Phi) is 6.69. The Morgan fingerprint density at radius 3 is 2.69 bits per heavy atom. The van der Waals surface area contributed by atoms with Crippen molar-refractivity contribution in [3.63, 3.8) is 0 Å². The number of ether oxygens (including phenoxy) is 1. The highest BCUT2D eigenvalue weighted by molar-refractivity contribution is 8.05. The van der Waals surface area contributed by atoms with Crippen LogP contribution in [0.4, 0.5) is 5.69 Å². The van der Waals surface area contributed by atoms with Crippen molar-refractivity contribution < 1.29 is 9.53 Å². The van der Waals surface area contributed by atoms with Gasteiger partial charge in [0.2, 0.25) is 0 Å². The van der Waals surface area contributed by atoms with Gasteiger partial charge < -0.3 is 19.9 Å². The maximum atomic E-state index is 12.9. The zero-order valence-corrected chi connectivity index (χ0v) is 21.5. The van der Waals surface area contributed by atoms with E-state index in [9.17, 15) is 4.79 Å². The Morgan fingerprint density at radius 2 is 1.89 bits per heavy atom. The quantitative estimate of drug-likeness (QED) is 0.269. The van der Waals surface area contributed by atoms with Crippen LogP contribution in [0.3, 0.4) is 0 Å². The maximum absolute atomic E-state index is 12.9. The normalized spacial score (nSPS) is 16.6. The van der Waals surface area contributed by atoms with E-state index in [2.05, 4.69) is 34.3 Å². The van der Waals surface area contributed by atoms with Crippen molar-refractivity contribution in [2.24, 2.45) is 0 Å². The number of nitrogens with zero attached hydrogens (tertiary/aromatic N) is 1. The zero-order valence-electron chi connectivity index (χ0n) is 19.1. The first-order valence-corrected chi connectivity index (χ1v) is 12.7. The highest BCUT2D eigenvalue weighted by atomic mass is 35.5. The fraction of sp³-hybridized carbons (Fsp3) is 0.148. The molecule has 0 spiro atoms. The van der Waals surface area contributed by atoms with Gasteiger partial charge in [0, 0.05) is 38.8 Å². The van der Waals surface area contributed by atoms with Gasteiger partial charge in [-0.15, -0.1) is 0 Å². The van der Waals surface area contributed by atoms with Crippen LogP contribution < -0.4 is 15.4 Å². The molecule has 1 aliphatic rings. The summed E-state index contributed by atoms with van der Waals surface area (Å²) in [6, 6.07) is 21.4. The lowest BCUT2D eigenvalue weighted by Crippen LogP contribution is -2.31. The molecule has 0 bridgehead atoms. The number of benzene rings is 3. The molecule has 0 saturated carbocycles. The van der Waals surface area contributed by atoms with Gasteiger partial charge in [-0.1, -0.05) is 71.4 Å². The van der Waals surface area contributed by atoms with Gasteiger partial charge in [-0.05, 0) is 48.9 Å². The Labute approximate surface area is 218 Å². The number of anilines is 1. The van der Waals surface area contributed by atoms with Gasteiger partial charge in [0.15, 0.2) is 5.50 Å². The molecule has 1 atom stereocenters. The Hall–Kier alpha value is -3.06. The van der Waals surface area contributed by atoms with Crippen molar-refractivity contribution in [1.29, 1.82) is 0 Å². The van der Waals surface area contributed by atoms with Crippen molar-refractivity contribution in [2.75, 3.05) is 12.4 Å². The summed E-state index contributed by atoms with van der Waals surface area (Å²) >= 11 is 14.0. The van der Waals surface area contributed by atoms with Crippen molar-refractivity contribution in [2.45, 2.75) is 19.0 Å². The van der Waals surface area contributed by atoms with Crippen molar-refractivity contribution in [3.05, 3.63) is 98.5 Å². The highest BCUT2D eigenvalue weighted by Crippen LogP contribution is 2.36. The summed E-state index contributed by atoms with van der Waals surface area (Å²) in [7, 11) is 1.60. The number of hydrogen-bond acceptors (Lipinski definition) is 4. The molecule has 2 N–H and O–H groups in total. The molecule has 1 amide bonds. The number of thioether (sulfide) groups is 1. The molecule has 1 aliphatic heterocycles. The van der Waals surface area contributed by atoms with Gasteiger partial charge in [0.25, 0.3) is 5.91 Å². The van der Waals surface area contributed by atoms with Gasteiger partial charge >= 0.3 is 0 Å². The van der Waals surface area contributed by atoms with Crippen LogP contribution in [0, 0.1) is 6.92 Å². The summed E-state index contributed by atoms with van der Waals surface area (Å²) < 4.78 is 7.66. The van der Waals surface area contributed by atoms with Gasteiger partial charge in [-0.3, -0.25) is 4.79 Å². The summed E-state index contributed by atoms with van der Waals surface area (Å²) in [5.74, 6) is 0.524. The van der Waals surface area contributed by atoms with Gasteiger partial charge in [0.1, 0.15) is 5.75 Å². The summed E-state index contributed by atoms with van der Waals surface area (Å²) in [4.78, 5) is 13.5. The van der Waals surface area contributed by atoms with E-state index in [1.165, 1.54) is 11.8 Å². The summed E-state index contributed by atoms with van der Waals surface area (Å²) in [6.45, 7) is 2.72. The molecule has 1 aromatic heterocycles. The molecule has 178 valence electrons. The Balaban J connectivity index is 1.47. The lowest BCUT2D eigenvalue weighted by atomic mass is 10.1. The zero-order chi connectivity index (χ0) is 24.5. The molecule has 0 radical (unpaired) electrons. The molecule has 2 heterocycles. The second-order valence-corrected chi connectivity index (χ2v) is 10.2. The minimum Gasteiger partial charge on any atom is -0.495 e. The minimum absolute atomic E-state index is 0.129. The second-order valence-electron chi connectivity index (χ2n) is 8.16. The highest BCUT2D eigenvalue weighted by Gasteiger charge is 2.28. The first-order valence-electron chi connectivity index (χ1n) is 11.0. The molecular formula is C27H23Cl2N3O2S. The van der Waals surface area contributed by atoms with Crippen molar-refractivity contribution in [1.82, 2.24) is 9.88 Å². The topological polar surface area (TPSA) is 55.3 Å². The van der Waals surface area contributed by atoms with E-state index in [0.717, 1.165) is 32.7 Å². The van der Waals surface area contributed by atoms with Crippen molar-refractivity contribution >= 4 is 63.5 Å². The molecule has 0 aliphatic carbocycles. The Morgan fingerprint density at radius 1 is 1.11 bits per heavy atom. The van der Waals surface area contributed by atoms with Crippen LogP contribution in [0.5, 0.6) is 5.75 Å². The molecule has 1 unspecified atom stereocenters. The number of amides is 1. The maximum Gasteiger partial charge on any atom is 0.260 e. The summed E-state index contributed by atoms with van der Waals surface area (Å²) in [5, 5.41) is 8.70. The average Bonchev–Trinajstić information content (AvgIpc) is 3.32. The SMILES string of the molecule is COc1ccc(Cl)cc1NC1NC(=O)/C(=C/c2c(C)n(Cc3ccccc3Cl)c3ccccc23)S1. The standard InChI is InChI=1S/C27H23Cl2N3O2S/c1-16-20(19-8-4-6-10-23(19)32(16)15-17-7-3-5-9-21(17)29)14-25-26(33)31-27(35-25)30-22-13-18(28)11-12-24(22)34-2/h3-14,27,30H,15H2,1-2H3,(H,31,33)/b25-14-. The average molecular weight is 524 g/mol. The molecule has 5 nitrogen and oxygen atoms in total. The van der Waals surface area contributed by atoms with Crippen LogP contribution in [0.1, 0.15) is 16.8 Å². The number of carbonyl (C=O) groups excluding carboxylic acids is 1. The van der Waals surface area contributed by atoms with E-state index in [4.69, 9.17) is 27.9 Å². The fourth-order valence-electron chi connectivity index (χ4n) is 4.27. The third kappa shape index (κ3) is 4.74. The number of carbonyl (C=O) groups is 1. The number of fused-ring (bicyclic) bond motifs is 1. The lowest BCUT2D eigenvalue weighted by Gasteiger charge is -2.15. The van der Waals surface area contributed by atoms with Crippen LogP contribution in [0.25, 0.3) is 17.0 Å². The number of aromatic nitrogens is 1. The van der Waals surface area contributed by atoms with E-state index >= 15 is 0 Å². The summed E-state index contributed by atoms with van der Waals surface area (Å²) in [5.41, 5.74) is 4.60. The second kappa shape index (κ2) is 9.90. The van der Waals surface area contributed by atoms with E-state index in [0.29, 0.717) is 27.9 Å². The number of rotatable bonds is 6. The number of para-hydroxylation sites is 1. The molecule has 1 saturated heterocycles. The molecule has 35 heavy (non-hydrogen) atoms. The third-order valence-corrected chi connectivity index (χ3v) is 7.65. The van der Waals surface area contributed by atoms with Gasteiger partial charge in [0.05, 0.1) is 17.7 Å². The molecule has 1 fully saturated rings. The molecule has 3 aromatic carbocycles. The van der Waals surface area contributed by atoms with Crippen LogP contribution in [-0.2, 0) is 11.3 Å². The largest absolute Gasteiger partial charge is 0.495 e. The van der Waals surface area contributed by atoms with Gasteiger partial charge in [-0.25, -0.2) is 0 Å². The smallest absolute Gasteiger partial charge is 0.260 e. The van der Waals surface area contributed by atoms with E-state index in [1.807, 2.05) is 42.5 Å². The lowest BCUT2D eigenvalue weighted by molar-refractivity contribution is -0.116. The van der Waals surface area contributed by atoms with E-state index in [1.54, 1.807) is 25.3 Å². The monoisotopic (exact) mass is 523 g/mol. The first kappa shape index (κ1) is 23.7. The van der Waals surface area contributed by atoms with Crippen LogP contribution in [-0.4, -0.2) is 23.1 Å². The van der Waals surface area contributed by atoms with Crippen LogP contribution >= 0.6 is 35.0 Å². The number of hydrogen-bond donors (Lipinski definition) is 2. The third-order valence-electron chi connectivity index (χ3n) is 6.02. The first-order chi connectivity index (χ1) is 16.9. The number of halogens is 2. The molecule has 8 heteroatoms. The van der Waals surface area contributed by atoms with Crippen LogP contribution in [0.2, 0.25) is 10.0 Å². The van der Waals surface area contributed by atoms with E-state index < -0.39 is 0 Å². The van der Waals surface area contributed by atoms with Crippen LogP contribution in [0.15, 0.2) is 71.6 Å². The minimum atomic E-state index is -0.349. The molecular weight excluding hydrogens is 501 g/mol. The number of methoxy groups -OCH3 is 1. The predicted molar refractivity (Wildman–Crippen MR) is 146 cm³/mol. The van der Waals surface area contributed by atoms with Crippen molar-refractivity contribution in [3.8, 4) is 5.75 Å². The molecule has 4 aromatic rings. The Bertz CT molecular complexity index is 1460. The number of nitrogens with one attached hydrogen (secondary N) is 2. The van der Waals surface area contributed by atoms with E-state index in [-0.39, 0.29) is 11.4 Å². The molecule has 5 rings (SSSR count). The fourth-order valence-corrected chi connectivity index (χ4v) is 5.60. The summed E-state index contributed by atoms with van der Waals surface area (Å²) in [6.07, 6.45) is 1.97. The predicted octanol–water partition coefficient (Wildman–Crippen LogP) is 6.91. The van der Waals surface area contributed by atoms with Gasteiger partial charge in [-0.2, -0.15) is 0 Å².